The van der Waals surface area contributed by atoms with Crippen molar-refractivity contribution in [2.75, 3.05) is 0 Å². The van der Waals surface area contributed by atoms with E-state index in [0.717, 1.165) is 6.07 Å². The number of pyridine rings is 1. The Morgan fingerprint density at radius 1 is 1.70 bits per heavy atom. The minimum atomic E-state index is -0.667. The third-order valence-electron chi connectivity index (χ3n) is 0.882. The minimum Gasteiger partial charge on any atom is -0.429 e. The van der Waals surface area contributed by atoms with Gasteiger partial charge in [0.15, 0.2) is 0 Å². The minimum absolute atomic E-state index is 0.155. The molecule has 52 valence electrons. The Morgan fingerprint density at radius 3 is 3.10 bits per heavy atom. The van der Waals surface area contributed by atoms with Crippen molar-refractivity contribution in [2.45, 2.75) is 0 Å². The van der Waals surface area contributed by atoms with E-state index in [4.69, 9.17) is 0 Å². The van der Waals surface area contributed by atoms with E-state index in [2.05, 4.69) is 9.72 Å². The molecule has 0 atom stereocenters. The summed E-state index contributed by atoms with van der Waals surface area (Å²) in [5.74, 6) is -0.512. The molecule has 1 aromatic heterocycles. The number of hydrogen-bond donors (Lipinski definition) is 0. The summed E-state index contributed by atoms with van der Waals surface area (Å²) in [6.45, 7) is 0.231. The number of halogens is 1. The molecule has 0 radical (unpaired) electrons. The highest BCUT2D eigenvalue weighted by molar-refractivity contribution is 5.44. The van der Waals surface area contributed by atoms with Crippen LogP contribution in [0.3, 0.4) is 0 Å². The molecular formula is C6H4FNO2. The van der Waals surface area contributed by atoms with Crippen molar-refractivity contribution in [3.05, 3.63) is 24.3 Å². The van der Waals surface area contributed by atoms with Gasteiger partial charge in [-0.1, -0.05) is 0 Å². The van der Waals surface area contributed by atoms with E-state index in [-0.39, 0.29) is 12.2 Å². The lowest BCUT2D eigenvalue weighted by Crippen LogP contribution is -1.89. The van der Waals surface area contributed by atoms with E-state index in [1.807, 2.05) is 0 Å². The molecule has 1 rings (SSSR count). The average Bonchev–Trinajstić information content (AvgIpc) is 1.88. The fraction of sp³-hybridized carbons (Fsp3) is 0. The van der Waals surface area contributed by atoms with Gasteiger partial charge in [-0.05, 0) is 6.07 Å². The third-order valence-corrected chi connectivity index (χ3v) is 0.882. The molecule has 0 saturated carbocycles. The zero-order chi connectivity index (χ0) is 7.40. The summed E-state index contributed by atoms with van der Waals surface area (Å²) < 4.78 is 16.5. The molecule has 0 amide bonds. The van der Waals surface area contributed by atoms with Crippen LogP contribution in [0.2, 0.25) is 0 Å². The molecule has 10 heavy (non-hydrogen) atoms. The number of carbonyl (C=O) groups excluding carboxylic acids is 1. The maximum Gasteiger partial charge on any atom is 0.298 e. The number of hydrogen-bond acceptors (Lipinski definition) is 3. The second-order valence-corrected chi connectivity index (χ2v) is 1.53. The number of nitrogens with zero attached hydrogens (tertiary/aromatic N) is 1. The van der Waals surface area contributed by atoms with Crippen molar-refractivity contribution >= 4 is 6.47 Å². The van der Waals surface area contributed by atoms with Crippen LogP contribution in [0.15, 0.2) is 18.3 Å². The molecule has 4 heteroatoms. The monoisotopic (exact) mass is 141 g/mol. The maximum absolute atomic E-state index is 12.2. The molecule has 0 aliphatic carbocycles. The van der Waals surface area contributed by atoms with Crippen molar-refractivity contribution in [1.82, 2.24) is 4.98 Å². The highest BCUT2D eigenvalue weighted by atomic mass is 19.1. The van der Waals surface area contributed by atoms with Crippen LogP contribution in [0.1, 0.15) is 0 Å². The molecule has 0 saturated heterocycles. The Bertz CT molecular complexity index is 239. The van der Waals surface area contributed by atoms with Crippen LogP contribution < -0.4 is 4.74 Å². The molecule has 0 unspecified atom stereocenters. The fourth-order valence-corrected chi connectivity index (χ4v) is 0.514. The Hall–Kier alpha value is -1.45. The molecule has 0 aliphatic heterocycles. The normalized spacial score (nSPS) is 8.90. The SMILES string of the molecule is O=COc1ccnc(F)c1. The van der Waals surface area contributed by atoms with Gasteiger partial charge < -0.3 is 4.74 Å². The average molecular weight is 141 g/mol. The van der Waals surface area contributed by atoms with E-state index in [9.17, 15) is 9.18 Å². The van der Waals surface area contributed by atoms with Crippen LogP contribution in [0.25, 0.3) is 0 Å². The van der Waals surface area contributed by atoms with Crippen LogP contribution in [0, 0.1) is 5.95 Å². The number of carbonyl (C=O) groups is 1. The molecule has 1 heterocycles. The molecule has 0 fully saturated rings. The predicted octanol–water partition coefficient (Wildman–Crippen LogP) is 0.756. The lowest BCUT2D eigenvalue weighted by atomic mass is 10.4. The summed E-state index contributed by atoms with van der Waals surface area (Å²) in [6.07, 6.45) is 1.22. The number of rotatable bonds is 2. The maximum atomic E-state index is 12.2. The van der Waals surface area contributed by atoms with Gasteiger partial charge >= 0.3 is 0 Å². The number of aromatic nitrogens is 1. The first-order valence-corrected chi connectivity index (χ1v) is 2.55. The Morgan fingerprint density at radius 2 is 2.50 bits per heavy atom. The smallest absolute Gasteiger partial charge is 0.298 e. The molecule has 0 bridgehead atoms. The Kier molecular flexibility index (Phi) is 1.94. The fourth-order valence-electron chi connectivity index (χ4n) is 0.514. The second kappa shape index (κ2) is 2.91. The lowest BCUT2D eigenvalue weighted by molar-refractivity contribution is -0.120. The van der Waals surface area contributed by atoms with Crippen LogP contribution in [0.4, 0.5) is 4.39 Å². The molecule has 0 spiro atoms. The van der Waals surface area contributed by atoms with Crippen molar-refractivity contribution < 1.29 is 13.9 Å². The first kappa shape index (κ1) is 6.67. The van der Waals surface area contributed by atoms with E-state index in [1.54, 1.807) is 0 Å². The van der Waals surface area contributed by atoms with Crippen molar-refractivity contribution in [3.63, 3.8) is 0 Å². The van der Waals surface area contributed by atoms with Gasteiger partial charge in [0.05, 0.1) is 0 Å². The summed E-state index contributed by atoms with van der Waals surface area (Å²) in [5.41, 5.74) is 0. The lowest BCUT2D eigenvalue weighted by Gasteiger charge is -1.93. The topological polar surface area (TPSA) is 39.2 Å². The first-order valence-electron chi connectivity index (χ1n) is 2.55. The van der Waals surface area contributed by atoms with E-state index >= 15 is 0 Å². The Balaban J connectivity index is 2.84. The highest BCUT2D eigenvalue weighted by Crippen LogP contribution is 2.07. The van der Waals surface area contributed by atoms with Gasteiger partial charge in [-0.2, -0.15) is 4.39 Å². The highest BCUT2D eigenvalue weighted by Gasteiger charge is 1.93. The summed E-state index contributed by atoms with van der Waals surface area (Å²) in [6, 6.07) is 2.41. The largest absolute Gasteiger partial charge is 0.429 e. The van der Waals surface area contributed by atoms with Crippen molar-refractivity contribution in [1.29, 1.82) is 0 Å². The zero-order valence-corrected chi connectivity index (χ0v) is 4.95. The van der Waals surface area contributed by atoms with Gasteiger partial charge in [0, 0.05) is 12.3 Å². The van der Waals surface area contributed by atoms with Crippen LogP contribution in [0.5, 0.6) is 5.75 Å². The Labute approximate surface area is 56.5 Å². The summed E-state index contributed by atoms with van der Waals surface area (Å²) >= 11 is 0. The van der Waals surface area contributed by atoms with E-state index in [1.165, 1.54) is 12.3 Å². The number of ether oxygens (including phenoxy) is 1. The van der Waals surface area contributed by atoms with Crippen molar-refractivity contribution in [2.24, 2.45) is 0 Å². The van der Waals surface area contributed by atoms with Gasteiger partial charge in [-0.15, -0.1) is 0 Å². The molecular weight excluding hydrogens is 137 g/mol. The summed E-state index contributed by atoms with van der Waals surface area (Å²) in [4.78, 5) is 13.0. The van der Waals surface area contributed by atoms with Gasteiger partial charge in [-0.3, -0.25) is 4.79 Å². The van der Waals surface area contributed by atoms with E-state index < -0.39 is 5.95 Å². The van der Waals surface area contributed by atoms with Crippen molar-refractivity contribution in [3.8, 4) is 5.75 Å². The molecule has 1 aromatic rings. The van der Waals surface area contributed by atoms with Gasteiger partial charge in [0.1, 0.15) is 5.75 Å². The summed E-state index contributed by atoms with van der Waals surface area (Å²) in [5, 5.41) is 0. The zero-order valence-electron chi connectivity index (χ0n) is 4.95. The van der Waals surface area contributed by atoms with Crippen LogP contribution >= 0.6 is 0 Å². The van der Waals surface area contributed by atoms with Gasteiger partial charge in [0.25, 0.3) is 6.47 Å². The third kappa shape index (κ3) is 1.51. The molecule has 0 aromatic carbocycles. The summed E-state index contributed by atoms with van der Waals surface area (Å²) in [7, 11) is 0. The van der Waals surface area contributed by atoms with Crippen LogP contribution in [-0.2, 0) is 4.79 Å². The van der Waals surface area contributed by atoms with Gasteiger partial charge in [-0.25, -0.2) is 4.98 Å². The van der Waals surface area contributed by atoms with Gasteiger partial charge in [0.2, 0.25) is 5.95 Å². The first-order chi connectivity index (χ1) is 4.83. The van der Waals surface area contributed by atoms with Crippen LogP contribution in [-0.4, -0.2) is 11.5 Å². The second-order valence-electron chi connectivity index (χ2n) is 1.53. The predicted molar refractivity (Wildman–Crippen MR) is 30.9 cm³/mol. The molecule has 0 N–H and O–H groups in total. The molecule has 3 nitrogen and oxygen atoms in total. The van der Waals surface area contributed by atoms with E-state index in [0.29, 0.717) is 0 Å². The standard InChI is InChI=1S/C6H4FNO2/c7-6-3-5(10-4-9)1-2-8-6/h1-4H. The quantitative estimate of drug-likeness (QED) is 0.450. The molecule has 0 aliphatic rings.